The van der Waals surface area contributed by atoms with E-state index in [9.17, 15) is 9.59 Å². The lowest BCUT2D eigenvalue weighted by molar-refractivity contribution is -0.121. The lowest BCUT2D eigenvalue weighted by Gasteiger charge is -2.15. The number of thioether (sulfide) groups is 1. The number of rotatable bonds is 6. The highest BCUT2D eigenvalue weighted by Crippen LogP contribution is 2.31. The summed E-state index contributed by atoms with van der Waals surface area (Å²) in [7, 11) is 0. The van der Waals surface area contributed by atoms with Crippen LogP contribution in [0.15, 0.2) is 54.6 Å². The van der Waals surface area contributed by atoms with Crippen LogP contribution in [0.4, 0.5) is 5.69 Å². The number of aliphatic hydroxyl groups is 1. The van der Waals surface area contributed by atoms with E-state index in [0.717, 1.165) is 5.75 Å². The van der Waals surface area contributed by atoms with Crippen molar-refractivity contribution in [2.75, 3.05) is 17.3 Å². The van der Waals surface area contributed by atoms with E-state index in [1.54, 1.807) is 24.3 Å². The molecule has 0 aliphatic carbocycles. The fourth-order valence-electron chi connectivity index (χ4n) is 2.49. The molecule has 0 saturated carbocycles. The first kappa shape index (κ1) is 16.5. The Morgan fingerprint density at radius 3 is 2.38 bits per heavy atom. The molecule has 5 nitrogen and oxygen atoms in total. The number of amides is 2. The SMILES string of the molecule is O=C1C[C@H](SCCO)C(=O)N1c1ccc(Oc2ccccc2)cc1. The van der Waals surface area contributed by atoms with E-state index in [2.05, 4.69) is 0 Å². The number of imide groups is 1. The average molecular weight is 343 g/mol. The molecule has 24 heavy (non-hydrogen) atoms. The lowest BCUT2D eigenvalue weighted by Crippen LogP contribution is -2.31. The van der Waals surface area contributed by atoms with Crippen LogP contribution in [-0.4, -0.2) is 34.5 Å². The van der Waals surface area contributed by atoms with Crippen molar-refractivity contribution in [1.82, 2.24) is 0 Å². The summed E-state index contributed by atoms with van der Waals surface area (Å²) in [5.74, 6) is 1.36. The minimum atomic E-state index is -0.412. The van der Waals surface area contributed by atoms with E-state index in [1.807, 2.05) is 30.3 Å². The monoisotopic (exact) mass is 343 g/mol. The molecule has 1 N–H and O–H groups in total. The van der Waals surface area contributed by atoms with Gasteiger partial charge in [0.2, 0.25) is 11.8 Å². The molecule has 0 bridgehead atoms. The number of aliphatic hydroxyl groups excluding tert-OH is 1. The minimum Gasteiger partial charge on any atom is -0.457 e. The number of ether oxygens (including phenoxy) is 1. The molecule has 1 fully saturated rings. The van der Waals surface area contributed by atoms with Crippen molar-refractivity contribution in [3.8, 4) is 11.5 Å². The molecule has 0 radical (unpaired) electrons. The van der Waals surface area contributed by atoms with E-state index >= 15 is 0 Å². The summed E-state index contributed by atoms with van der Waals surface area (Å²) in [5.41, 5.74) is 0.539. The van der Waals surface area contributed by atoms with Crippen molar-refractivity contribution in [2.24, 2.45) is 0 Å². The molecule has 2 aromatic carbocycles. The Hall–Kier alpha value is -2.31. The maximum Gasteiger partial charge on any atom is 0.247 e. The number of anilines is 1. The molecule has 1 heterocycles. The summed E-state index contributed by atoms with van der Waals surface area (Å²) < 4.78 is 5.70. The van der Waals surface area contributed by atoms with E-state index in [0.29, 0.717) is 17.2 Å². The van der Waals surface area contributed by atoms with Crippen LogP contribution in [0.25, 0.3) is 0 Å². The zero-order chi connectivity index (χ0) is 16.9. The molecule has 3 rings (SSSR count). The molecule has 1 aliphatic heterocycles. The van der Waals surface area contributed by atoms with Crippen molar-refractivity contribution >= 4 is 29.3 Å². The van der Waals surface area contributed by atoms with Crippen LogP contribution < -0.4 is 9.64 Å². The largest absolute Gasteiger partial charge is 0.457 e. The Morgan fingerprint density at radius 2 is 1.71 bits per heavy atom. The standard InChI is InChI=1S/C18H17NO4S/c20-10-11-24-16-12-17(21)19(18(16)22)13-6-8-15(9-7-13)23-14-4-2-1-3-5-14/h1-9,16,20H,10-12H2/t16-/m0/s1. The van der Waals surface area contributed by atoms with Gasteiger partial charge < -0.3 is 9.84 Å². The van der Waals surface area contributed by atoms with Crippen molar-refractivity contribution in [3.63, 3.8) is 0 Å². The Kier molecular flexibility index (Phi) is 5.17. The second kappa shape index (κ2) is 7.51. The van der Waals surface area contributed by atoms with Gasteiger partial charge >= 0.3 is 0 Å². The number of hydrogen-bond acceptors (Lipinski definition) is 5. The summed E-state index contributed by atoms with van der Waals surface area (Å²) in [6.45, 7) is -0.00579. The van der Waals surface area contributed by atoms with Gasteiger partial charge in [-0.05, 0) is 36.4 Å². The van der Waals surface area contributed by atoms with Crippen LogP contribution in [0.3, 0.4) is 0 Å². The van der Waals surface area contributed by atoms with E-state index < -0.39 is 5.25 Å². The third-order valence-electron chi connectivity index (χ3n) is 3.59. The van der Waals surface area contributed by atoms with Gasteiger partial charge in [-0.2, -0.15) is 0 Å². The Morgan fingerprint density at radius 1 is 1.04 bits per heavy atom. The van der Waals surface area contributed by atoms with Crippen LogP contribution in [0, 0.1) is 0 Å². The van der Waals surface area contributed by atoms with Crippen LogP contribution in [0.5, 0.6) is 11.5 Å². The predicted molar refractivity (Wildman–Crippen MR) is 93.4 cm³/mol. The van der Waals surface area contributed by atoms with Crippen LogP contribution in [-0.2, 0) is 9.59 Å². The molecular formula is C18H17NO4S. The van der Waals surface area contributed by atoms with Crippen LogP contribution in [0.2, 0.25) is 0 Å². The normalized spacial score (nSPS) is 17.4. The number of carbonyl (C=O) groups excluding carboxylic acids is 2. The van der Waals surface area contributed by atoms with E-state index in [-0.39, 0.29) is 24.8 Å². The van der Waals surface area contributed by atoms with Gasteiger partial charge in [-0.1, -0.05) is 18.2 Å². The van der Waals surface area contributed by atoms with Gasteiger partial charge in [0.15, 0.2) is 0 Å². The zero-order valence-corrected chi connectivity index (χ0v) is 13.7. The van der Waals surface area contributed by atoms with Crippen LogP contribution in [0.1, 0.15) is 6.42 Å². The number of carbonyl (C=O) groups is 2. The Labute approximate surface area is 144 Å². The summed E-state index contributed by atoms with van der Waals surface area (Å²) in [5, 5.41) is 8.46. The molecule has 124 valence electrons. The summed E-state index contributed by atoms with van der Waals surface area (Å²) in [6.07, 6.45) is 0.172. The van der Waals surface area contributed by atoms with Crippen molar-refractivity contribution in [1.29, 1.82) is 0 Å². The topological polar surface area (TPSA) is 66.8 Å². The second-order valence-corrected chi connectivity index (χ2v) is 6.57. The van der Waals surface area contributed by atoms with Crippen LogP contribution >= 0.6 is 11.8 Å². The molecule has 2 aromatic rings. The highest BCUT2D eigenvalue weighted by molar-refractivity contribution is 8.00. The van der Waals surface area contributed by atoms with Gasteiger partial charge in [0, 0.05) is 12.2 Å². The van der Waals surface area contributed by atoms with Gasteiger partial charge in [0.1, 0.15) is 11.5 Å². The first-order valence-corrected chi connectivity index (χ1v) is 8.66. The molecule has 1 saturated heterocycles. The fraction of sp³-hybridized carbons (Fsp3) is 0.222. The summed E-state index contributed by atoms with van der Waals surface area (Å²) >= 11 is 1.31. The predicted octanol–water partition coefficient (Wildman–Crippen LogP) is 2.84. The zero-order valence-electron chi connectivity index (χ0n) is 12.9. The summed E-state index contributed by atoms with van der Waals surface area (Å²) in [6, 6.07) is 16.3. The molecule has 0 unspecified atom stereocenters. The first-order chi connectivity index (χ1) is 11.7. The van der Waals surface area contributed by atoms with E-state index in [1.165, 1.54) is 16.7 Å². The Bertz CT molecular complexity index is 718. The maximum atomic E-state index is 12.4. The quantitative estimate of drug-likeness (QED) is 0.817. The number of hydrogen-bond donors (Lipinski definition) is 1. The highest BCUT2D eigenvalue weighted by Gasteiger charge is 2.39. The average Bonchev–Trinajstić information content (AvgIpc) is 2.89. The molecule has 1 atom stereocenters. The van der Waals surface area contributed by atoms with Gasteiger partial charge in [0.25, 0.3) is 0 Å². The van der Waals surface area contributed by atoms with Gasteiger partial charge in [0.05, 0.1) is 17.5 Å². The number of benzene rings is 2. The first-order valence-electron chi connectivity index (χ1n) is 7.61. The minimum absolute atomic E-state index is 0.00579. The van der Waals surface area contributed by atoms with Gasteiger partial charge in [-0.15, -0.1) is 11.8 Å². The fourth-order valence-corrected chi connectivity index (χ4v) is 3.39. The molecule has 0 aromatic heterocycles. The highest BCUT2D eigenvalue weighted by atomic mass is 32.2. The smallest absolute Gasteiger partial charge is 0.247 e. The maximum absolute atomic E-state index is 12.4. The third kappa shape index (κ3) is 3.60. The van der Waals surface area contributed by atoms with Crippen molar-refractivity contribution in [2.45, 2.75) is 11.7 Å². The van der Waals surface area contributed by atoms with Gasteiger partial charge in [-0.3, -0.25) is 9.59 Å². The molecule has 0 spiro atoms. The number of nitrogens with zero attached hydrogens (tertiary/aromatic N) is 1. The van der Waals surface area contributed by atoms with Gasteiger partial charge in [-0.25, -0.2) is 4.90 Å². The van der Waals surface area contributed by atoms with E-state index in [4.69, 9.17) is 9.84 Å². The second-order valence-electron chi connectivity index (χ2n) is 5.26. The summed E-state index contributed by atoms with van der Waals surface area (Å²) in [4.78, 5) is 25.7. The Balaban J connectivity index is 1.71. The molecule has 6 heteroatoms. The van der Waals surface area contributed by atoms with Crippen molar-refractivity contribution < 1.29 is 19.4 Å². The molecular weight excluding hydrogens is 326 g/mol. The lowest BCUT2D eigenvalue weighted by atomic mass is 10.2. The molecule has 1 aliphatic rings. The number of para-hydroxylation sites is 1. The molecule has 2 amide bonds. The third-order valence-corrected chi connectivity index (χ3v) is 4.78. The van der Waals surface area contributed by atoms with Crippen molar-refractivity contribution in [3.05, 3.63) is 54.6 Å².